The van der Waals surface area contributed by atoms with E-state index in [1.54, 1.807) is 36.4 Å². The van der Waals surface area contributed by atoms with E-state index in [-0.39, 0.29) is 30.5 Å². The number of hydrogen-bond acceptors (Lipinski definition) is 4. The minimum atomic E-state index is -0.492. The number of aryl methyl sites for hydroxylation is 1. The van der Waals surface area contributed by atoms with Gasteiger partial charge in [-0.15, -0.1) is 0 Å². The lowest BCUT2D eigenvalue weighted by molar-refractivity contribution is -0.116. The summed E-state index contributed by atoms with van der Waals surface area (Å²) in [5.41, 5.74) is 1.11. The van der Waals surface area contributed by atoms with Crippen molar-refractivity contribution in [2.75, 3.05) is 12.4 Å². The van der Waals surface area contributed by atoms with Crippen molar-refractivity contribution >= 4 is 22.5 Å². The van der Waals surface area contributed by atoms with Crippen molar-refractivity contribution in [1.29, 1.82) is 0 Å². The van der Waals surface area contributed by atoms with Gasteiger partial charge in [0.1, 0.15) is 12.3 Å². The number of nitrogens with one attached hydrogen (secondary N) is 1. The maximum absolute atomic E-state index is 13.0. The first-order valence-corrected chi connectivity index (χ1v) is 9.48. The fraction of sp³-hybridized carbons (Fsp3) is 0.318. The summed E-state index contributed by atoms with van der Waals surface area (Å²) in [6.45, 7) is 5.85. The Morgan fingerprint density at radius 3 is 2.52 bits per heavy atom. The molecule has 7 nitrogen and oxygen atoms in total. The maximum Gasteiger partial charge on any atom is 0.331 e. The Labute approximate surface area is 168 Å². The van der Waals surface area contributed by atoms with Gasteiger partial charge in [0.15, 0.2) is 0 Å². The molecule has 152 valence electrons. The van der Waals surface area contributed by atoms with Crippen LogP contribution in [0.3, 0.4) is 0 Å². The second kappa shape index (κ2) is 8.34. The number of rotatable bonds is 6. The van der Waals surface area contributed by atoms with Crippen LogP contribution >= 0.6 is 0 Å². The standard InChI is InChI=1S/C22H25N3O4/c1-14(2)12-25-21(27)16-7-5-6-8-18(16)24(22(25)28)13-20(26)23-17-11-15(3)9-10-19(17)29-4/h5-11,14H,12-13H2,1-4H3,(H,23,26). The molecule has 29 heavy (non-hydrogen) atoms. The van der Waals surface area contributed by atoms with E-state index in [0.717, 1.165) is 5.56 Å². The van der Waals surface area contributed by atoms with E-state index in [1.165, 1.54) is 16.2 Å². The van der Waals surface area contributed by atoms with Crippen LogP contribution in [0.1, 0.15) is 19.4 Å². The molecule has 0 aliphatic rings. The van der Waals surface area contributed by atoms with Gasteiger partial charge in [0.25, 0.3) is 5.56 Å². The zero-order chi connectivity index (χ0) is 21.1. The number of amides is 1. The second-order valence-electron chi connectivity index (χ2n) is 7.45. The Morgan fingerprint density at radius 1 is 1.10 bits per heavy atom. The largest absolute Gasteiger partial charge is 0.495 e. The van der Waals surface area contributed by atoms with Gasteiger partial charge in [-0.2, -0.15) is 0 Å². The third-order valence-electron chi connectivity index (χ3n) is 4.61. The van der Waals surface area contributed by atoms with Crippen LogP contribution in [0.25, 0.3) is 10.9 Å². The molecular formula is C22H25N3O4. The van der Waals surface area contributed by atoms with Crippen LogP contribution in [0.4, 0.5) is 5.69 Å². The summed E-state index contributed by atoms with van der Waals surface area (Å²) in [7, 11) is 1.53. The van der Waals surface area contributed by atoms with Crippen molar-refractivity contribution in [2.24, 2.45) is 5.92 Å². The molecule has 3 aromatic rings. The molecule has 2 aromatic carbocycles. The van der Waals surface area contributed by atoms with Crippen molar-refractivity contribution in [3.8, 4) is 5.75 Å². The molecule has 7 heteroatoms. The number of carbonyl (C=O) groups excluding carboxylic acids is 1. The van der Waals surface area contributed by atoms with Gasteiger partial charge in [0.05, 0.1) is 23.7 Å². The number of para-hydroxylation sites is 1. The summed E-state index contributed by atoms with van der Waals surface area (Å²) < 4.78 is 7.84. The Balaban J connectivity index is 2.04. The van der Waals surface area contributed by atoms with Crippen LogP contribution in [-0.4, -0.2) is 22.2 Å². The molecule has 0 saturated carbocycles. The third-order valence-corrected chi connectivity index (χ3v) is 4.61. The number of hydrogen-bond donors (Lipinski definition) is 1. The van der Waals surface area contributed by atoms with Crippen LogP contribution in [0.15, 0.2) is 52.1 Å². The number of fused-ring (bicyclic) bond motifs is 1. The van der Waals surface area contributed by atoms with Crippen LogP contribution in [0.5, 0.6) is 5.75 Å². The topological polar surface area (TPSA) is 82.3 Å². The Bertz CT molecular complexity index is 1170. The lowest BCUT2D eigenvalue weighted by Gasteiger charge is -2.16. The molecule has 0 fully saturated rings. The number of nitrogens with zero attached hydrogens (tertiary/aromatic N) is 2. The van der Waals surface area contributed by atoms with Crippen LogP contribution in [-0.2, 0) is 17.9 Å². The first-order valence-electron chi connectivity index (χ1n) is 9.48. The summed E-state index contributed by atoms with van der Waals surface area (Å²) in [4.78, 5) is 38.6. The molecule has 0 bridgehead atoms. The van der Waals surface area contributed by atoms with E-state index in [9.17, 15) is 14.4 Å². The van der Waals surface area contributed by atoms with Crippen molar-refractivity contribution in [2.45, 2.75) is 33.9 Å². The van der Waals surface area contributed by atoms with E-state index >= 15 is 0 Å². The van der Waals surface area contributed by atoms with Crippen molar-refractivity contribution < 1.29 is 9.53 Å². The lowest BCUT2D eigenvalue weighted by Crippen LogP contribution is -2.42. The highest BCUT2D eigenvalue weighted by atomic mass is 16.5. The van der Waals surface area contributed by atoms with Crippen LogP contribution in [0.2, 0.25) is 0 Å². The van der Waals surface area contributed by atoms with E-state index in [1.807, 2.05) is 26.8 Å². The van der Waals surface area contributed by atoms with Gasteiger partial charge < -0.3 is 10.1 Å². The zero-order valence-electron chi connectivity index (χ0n) is 17.1. The predicted octanol–water partition coefficient (Wildman–Crippen LogP) is 2.77. The molecule has 1 heterocycles. The SMILES string of the molecule is COc1ccc(C)cc1NC(=O)Cn1c(=O)n(CC(C)C)c(=O)c2ccccc21. The first kappa shape index (κ1) is 20.4. The highest BCUT2D eigenvalue weighted by Crippen LogP contribution is 2.25. The van der Waals surface area contributed by atoms with E-state index in [2.05, 4.69) is 5.32 Å². The second-order valence-corrected chi connectivity index (χ2v) is 7.45. The van der Waals surface area contributed by atoms with Gasteiger partial charge >= 0.3 is 5.69 Å². The van der Waals surface area contributed by atoms with E-state index in [0.29, 0.717) is 22.3 Å². The zero-order valence-corrected chi connectivity index (χ0v) is 17.1. The summed E-state index contributed by atoms with van der Waals surface area (Å²) in [5, 5.41) is 3.22. The molecule has 0 spiro atoms. The average Bonchev–Trinajstić information content (AvgIpc) is 2.68. The number of methoxy groups -OCH3 is 1. The Hall–Kier alpha value is -3.35. The van der Waals surface area contributed by atoms with Crippen molar-refractivity contribution in [3.63, 3.8) is 0 Å². The van der Waals surface area contributed by atoms with E-state index < -0.39 is 5.69 Å². The highest BCUT2D eigenvalue weighted by Gasteiger charge is 2.16. The number of ether oxygens (including phenoxy) is 1. The molecule has 0 atom stereocenters. The average molecular weight is 395 g/mol. The number of benzene rings is 2. The number of aromatic nitrogens is 2. The van der Waals surface area contributed by atoms with Gasteiger partial charge in [-0.3, -0.25) is 18.7 Å². The van der Waals surface area contributed by atoms with Gasteiger partial charge in [0, 0.05) is 6.54 Å². The minimum absolute atomic E-state index is 0.111. The molecule has 1 amide bonds. The molecular weight excluding hydrogens is 370 g/mol. The van der Waals surface area contributed by atoms with Gasteiger partial charge in [0.2, 0.25) is 5.91 Å². The summed E-state index contributed by atoms with van der Waals surface area (Å²) >= 11 is 0. The molecule has 0 aliphatic carbocycles. The fourth-order valence-corrected chi connectivity index (χ4v) is 3.30. The molecule has 3 rings (SSSR count). The van der Waals surface area contributed by atoms with Gasteiger partial charge in [-0.05, 0) is 42.7 Å². The molecule has 0 unspecified atom stereocenters. The number of carbonyl (C=O) groups is 1. The molecule has 1 aromatic heterocycles. The molecule has 0 aliphatic heterocycles. The lowest BCUT2D eigenvalue weighted by atomic mass is 10.2. The van der Waals surface area contributed by atoms with E-state index in [4.69, 9.17) is 4.74 Å². The Morgan fingerprint density at radius 2 is 1.83 bits per heavy atom. The normalized spacial score (nSPS) is 11.1. The first-order chi connectivity index (χ1) is 13.8. The van der Waals surface area contributed by atoms with Crippen molar-refractivity contribution in [1.82, 2.24) is 9.13 Å². The molecule has 0 radical (unpaired) electrons. The Kier molecular flexibility index (Phi) is 5.87. The van der Waals surface area contributed by atoms with Gasteiger partial charge in [-0.1, -0.05) is 32.0 Å². The van der Waals surface area contributed by atoms with Gasteiger partial charge in [-0.25, -0.2) is 4.79 Å². The molecule has 0 saturated heterocycles. The third kappa shape index (κ3) is 4.23. The van der Waals surface area contributed by atoms with Crippen LogP contribution < -0.4 is 21.3 Å². The fourth-order valence-electron chi connectivity index (χ4n) is 3.30. The maximum atomic E-state index is 13.0. The number of anilines is 1. The summed E-state index contributed by atoms with van der Waals surface area (Å²) in [6, 6.07) is 12.3. The minimum Gasteiger partial charge on any atom is -0.495 e. The quantitative estimate of drug-likeness (QED) is 0.696. The summed E-state index contributed by atoms with van der Waals surface area (Å²) in [6.07, 6.45) is 0. The molecule has 1 N–H and O–H groups in total. The van der Waals surface area contributed by atoms with Crippen LogP contribution in [0, 0.1) is 12.8 Å². The highest BCUT2D eigenvalue weighted by molar-refractivity contribution is 5.93. The smallest absolute Gasteiger partial charge is 0.331 e. The van der Waals surface area contributed by atoms with Crippen molar-refractivity contribution in [3.05, 3.63) is 68.9 Å². The monoisotopic (exact) mass is 395 g/mol. The summed E-state index contributed by atoms with van der Waals surface area (Å²) in [5.74, 6) is 0.266. The predicted molar refractivity (Wildman–Crippen MR) is 114 cm³/mol.